The second-order valence-electron chi connectivity index (χ2n) is 5.61. The standard InChI is InChI=1S/C12H24N2O2/c1-9(5-6-14-8-15)10(11(13)16)7-12(2,3)4/h8-10H,5-7H2,1-4H3,(H2,13,16)(H,14,15). The van der Waals surface area contributed by atoms with E-state index in [9.17, 15) is 9.59 Å². The third kappa shape index (κ3) is 6.43. The van der Waals surface area contributed by atoms with Crippen LogP contribution in [-0.2, 0) is 9.59 Å². The molecule has 0 heterocycles. The lowest BCUT2D eigenvalue weighted by Crippen LogP contribution is -2.33. The SMILES string of the molecule is CC(CCNC=O)C(CC(C)(C)C)C(N)=O. The summed E-state index contributed by atoms with van der Waals surface area (Å²) in [5.74, 6) is -0.161. The van der Waals surface area contributed by atoms with Crippen molar-refractivity contribution >= 4 is 12.3 Å². The quantitative estimate of drug-likeness (QED) is 0.509. The maximum atomic E-state index is 11.4. The molecular weight excluding hydrogens is 204 g/mol. The van der Waals surface area contributed by atoms with Gasteiger partial charge in [0.05, 0.1) is 0 Å². The maximum absolute atomic E-state index is 11.4. The molecule has 0 radical (unpaired) electrons. The van der Waals surface area contributed by atoms with Gasteiger partial charge in [-0.25, -0.2) is 0 Å². The number of hydrogen-bond donors (Lipinski definition) is 2. The highest BCUT2D eigenvalue weighted by atomic mass is 16.1. The average molecular weight is 228 g/mol. The summed E-state index contributed by atoms with van der Waals surface area (Å²) in [6.07, 6.45) is 2.24. The maximum Gasteiger partial charge on any atom is 0.220 e. The van der Waals surface area contributed by atoms with Crippen LogP contribution in [0, 0.1) is 17.3 Å². The molecule has 2 amide bonds. The van der Waals surface area contributed by atoms with Crippen molar-refractivity contribution in [2.45, 2.75) is 40.5 Å². The van der Waals surface area contributed by atoms with Crippen LogP contribution >= 0.6 is 0 Å². The molecular formula is C12H24N2O2. The van der Waals surface area contributed by atoms with Crippen LogP contribution in [0.1, 0.15) is 40.5 Å². The predicted molar refractivity (Wildman–Crippen MR) is 64.6 cm³/mol. The molecule has 0 aliphatic rings. The third-order valence-corrected chi connectivity index (χ3v) is 2.71. The van der Waals surface area contributed by atoms with Crippen molar-refractivity contribution in [2.24, 2.45) is 23.0 Å². The Kier molecular flexibility index (Phi) is 6.08. The van der Waals surface area contributed by atoms with Crippen LogP contribution < -0.4 is 11.1 Å². The highest BCUT2D eigenvalue weighted by Crippen LogP contribution is 2.29. The molecule has 4 nitrogen and oxygen atoms in total. The number of rotatable bonds is 7. The molecule has 0 aromatic carbocycles. The highest BCUT2D eigenvalue weighted by molar-refractivity contribution is 5.77. The van der Waals surface area contributed by atoms with Crippen molar-refractivity contribution in [3.05, 3.63) is 0 Å². The minimum absolute atomic E-state index is 0.0893. The van der Waals surface area contributed by atoms with Gasteiger partial charge < -0.3 is 11.1 Å². The smallest absolute Gasteiger partial charge is 0.220 e. The Balaban J connectivity index is 4.30. The molecule has 0 saturated heterocycles. The van der Waals surface area contributed by atoms with E-state index in [1.807, 2.05) is 6.92 Å². The number of nitrogens with two attached hydrogens (primary N) is 1. The Bertz CT molecular complexity index is 234. The van der Waals surface area contributed by atoms with Crippen molar-refractivity contribution in [3.8, 4) is 0 Å². The zero-order valence-corrected chi connectivity index (χ0v) is 10.7. The molecule has 0 aromatic heterocycles. The monoisotopic (exact) mass is 228 g/mol. The van der Waals surface area contributed by atoms with E-state index >= 15 is 0 Å². The van der Waals surface area contributed by atoms with E-state index < -0.39 is 0 Å². The van der Waals surface area contributed by atoms with Crippen molar-refractivity contribution in [1.29, 1.82) is 0 Å². The van der Waals surface area contributed by atoms with Gasteiger partial charge in [0.15, 0.2) is 0 Å². The number of carbonyl (C=O) groups is 2. The number of amides is 2. The first kappa shape index (κ1) is 14.9. The molecule has 0 aromatic rings. The molecule has 0 aliphatic heterocycles. The Morgan fingerprint density at radius 2 is 2.00 bits per heavy atom. The summed E-state index contributed by atoms with van der Waals surface area (Å²) in [5.41, 5.74) is 5.51. The molecule has 0 fully saturated rings. The Morgan fingerprint density at radius 3 is 2.38 bits per heavy atom. The number of hydrogen-bond acceptors (Lipinski definition) is 2. The molecule has 0 aliphatic carbocycles. The van der Waals surface area contributed by atoms with E-state index in [1.54, 1.807) is 0 Å². The van der Waals surface area contributed by atoms with E-state index in [0.717, 1.165) is 12.8 Å². The summed E-state index contributed by atoms with van der Waals surface area (Å²) in [6, 6.07) is 0. The van der Waals surface area contributed by atoms with Crippen molar-refractivity contribution < 1.29 is 9.59 Å². The number of carbonyl (C=O) groups excluding carboxylic acids is 2. The Labute approximate surface area is 98.0 Å². The molecule has 0 spiro atoms. The Morgan fingerprint density at radius 1 is 1.44 bits per heavy atom. The fourth-order valence-electron chi connectivity index (χ4n) is 1.81. The van der Waals surface area contributed by atoms with Gasteiger partial charge in [0.2, 0.25) is 12.3 Å². The van der Waals surface area contributed by atoms with Crippen molar-refractivity contribution in [1.82, 2.24) is 5.32 Å². The second kappa shape index (κ2) is 6.51. The van der Waals surface area contributed by atoms with Crippen LogP contribution in [0.25, 0.3) is 0 Å². The largest absolute Gasteiger partial charge is 0.369 e. The zero-order chi connectivity index (χ0) is 12.8. The summed E-state index contributed by atoms with van der Waals surface area (Å²) >= 11 is 0. The van der Waals surface area contributed by atoms with E-state index in [4.69, 9.17) is 5.73 Å². The fourth-order valence-corrected chi connectivity index (χ4v) is 1.81. The van der Waals surface area contributed by atoms with Crippen LogP contribution in [0.5, 0.6) is 0 Å². The molecule has 3 N–H and O–H groups in total. The lowest BCUT2D eigenvalue weighted by molar-refractivity contribution is -0.124. The summed E-state index contributed by atoms with van der Waals surface area (Å²) in [4.78, 5) is 21.5. The first-order valence-corrected chi connectivity index (χ1v) is 5.74. The normalized spacial score (nSPS) is 15.2. The highest BCUT2D eigenvalue weighted by Gasteiger charge is 2.27. The van der Waals surface area contributed by atoms with E-state index in [1.165, 1.54) is 0 Å². The molecule has 16 heavy (non-hydrogen) atoms. The summed E-state index contributed by atoms with van der Waals surface area (Å²) in [5, 5.41) is 2.60. The van der Waals surface area contributed by atoms with Crippen LogP contribution in [-0.4, -0.2) is 18.9 Å². The number of nitrogens with one attached hydrogen (secondary N) is 1. The first-order chi connectivity index (χ1) is 7.28. The van der Waals surface area contributed by atoms with Gasteiger partial charge in [0.1, 0.15) is 0 Å². The van der Waals surface area contributed by atoms with Crippen LogP contribution in [0.2, 0.25) is 0 Å². The molecule has 2 unspecified atom stereocenters. The molecule has 0 bridgehead atoms. The summed E-state index contributed by atoms with van der Waals surface area (Å²) in [7, 11) is 0. The fraction of sp³-hybridized carbons (Fsp3) is 0.833. The number of primary amides is 1. The average Bonchev–Trinajstić information content (AvgIpc) is 2.12. The Hall–Kier alpha value is -1.06. The summed E-state index contributed by atoms with van der Waals surface area (Å²) in [6.45, 7) is 8.89. The lowest BCUT2D eigenvalue weighted by Gasteiger charge is -2.28. The molecule has 2 atom stereocenters. The van der Waals surface area contributed by atoms with Gasteiger partial charge in [0.25, 0.3) is 0 Å². The van der Waals surface area contributed by atoms with Crippen LogP contribution in [0.4, 0.5) is 0 Å². The van der Waals surface area contributed by atoms with Gasteiger partial charge in [-0.3, -0.25) is 9.59 Å². The van der Waals surface area contributed by atoms with E-state index in [0.29, 0.717) is 13.0 Å². The molecule has 94 valence electrons. The van der Waals surface area contributed by atoms with Gasteiger partial charge in [0, 0.05) is 12.5 Å². The predicted octanol–water partition coefficient (Wildman–Crippen LogP) is 1.30. The van der Waals surface area contributed by atoms with Crippen LogP contribution in [0.15, 0.2) is 0 Å². The first-order valence-electron chi connectivity index (χ1n) is 5.74. The van der Waals surface area contributed by atoms with E-state index in [-0.39, 0.29) is 23.2 Å². The van der Waals surface area contributed by atoms with Gasteiger partial charge in [-0.05, 0) is 24.2 Å². The van der Waals surface area contributed by atoms with E-state index in [2.05, 4.69) is 26.1 Å². The topological polar surface area (TPSA) is 72.2 Å². The third-order valence-electron chi connectivity index (χ3n) is 2.71. The second-order valence-corrected chi connectivity index (χ2v) is 5.61. The van der Waals surface area contributed by atoms with Gasteiger partial charge in [-0.15, -0.1) is 0 Å². The minimum atomic E-state index is -0.242. The molecule has 4 heteroatoms. The molecule has 0 rings (SSSR count). The van der Waals surface area contributed by atoms with Crippen molar-refractivity contribution in [2.75, 3.05) is 6.54 Å². The minimum Gasteiger partial charge on any atom is -0.369 e. The van der Waals surface area contributed by atoms with Gasteiger partial charge in [-0.2, -0.15) is 0 Å². The van der Waals surface area contributed by atoms with Crippen molar-refractivity contribution in [3.63, 3.8) is 0 Å². The van der Waals surface area contributed by atoms with Gasteiger partial charge >= 0.3 is 0 Å². The molecule has 0 saturated carbocycles. The van der Waals surface area contributed by atoms with Crippen LogP contribution in [0.3, 0.4) is 0 Å². The van der Waals surface area contributed by atoms with Gasteiger partial charge in [-0.1, -0.05) is 27.7 Å². The summed E-state index contributed by atoms with van der Waals surface area (Å²) < 4.78 is 0. The lowest BCUT2D eigenvalue weighted by atomic mass is 9.78. The zero-order valence-electron chi connectivity index (χ0n) is 10.7.